The summed E-state index contributed by atoms with van der Waals surface area (Å²) < 4.78 is 1.37. The van der Waals surface area contributed by atoms with Gasteiger partial charge < -0.3 is 5.32 Å². The van der Waals surface area contributed by atoms with Crippen LogP contribution in [0.2, 0.25) is 10.0 Å². The van der Waals surface area contributed by atoms with Crippen molar-refractivity contribution < 1.29 is 0 Å². The predicted octanol–water partition coefficient (Wildman–Crippen LogP) is 3.57. The van der Waals surface area contributed by atoms with Gasteiger partial charge in [0, 0.05) is 18.1 Å². The third-order valence-electron chi connectivity index (χ3n) is 2.82. The van der Waals surface area contributed by atoms with Gasteiger partial charge in [0.25, 0.3) is 5.56 Å². The van der Waals surface area contributed by atoms with Crippen LogP contribution < -0.4 is 10.9 Å². The van der Waals surface area contributed by atoms with Crippen LogP contribution in [0.1, 0.15) is 18.9 Å². The van der Waals surface area contributed by atoms with Gasteiger partial charge in [-0.3, -0.25) is 4.79 Å². The monoisotopic (exact) mass is 311 g/mol. The molecule has 20 heavy (non-hydrogen) atoms. The molecule has 2 rings (SSSR count). The minimum Gasteiger partial charge on any atom is -0.378 e. The first-order chi connectivity index (χ1) is 9.61. The molecule has 0 spiro atoms. The molecule has 0 amide bonds. The van der Waals surface area contributed by atoms with E-state index in [0.29, 0.717) is 23.8 Å². The molecule has 1 aromatic heterocycles. The van der Waals surface area contributed by atoms with E-state index in [2.05, 4.69) is 10.4 Å². The largest absolute Gasteiger partial charge is 0.378 e. The number of aromatic nitrogens is 2. The highest BCUT2D eigenvalue weighted by atomic mass is 35.5. The molecule has 0 saturated heterocycles. The van der Waals surface area contributed by atoms with Crippen molar-refractivity contribution in [1.29, 1.82) is 0 Å². The first-order valence-corrected chi connectivity index (χ1v) is 7.11. The summed E-state index contributed by atoms with van der Waals surface area (Å²) in [5.41, 5.74) is 1.32. The lowest BCUT2D eigenvalue weighted by molar-refractivity contribution is 0.568. The van der Waals surface area contributed by atoms with E-state index in [-0.39, 0.29) is 10.6 Å². The topological polar surface area (TPSA) is 46.9 Å². The molecule has 4 nitrogen and oxygen atoms in total. The van der Waals surface area contributed by atoms with Crippen molar-refractivity contribution in [3.8, 4) is 0 Å². The van der Waals surface area contributed by atoms with E-state index in [0.717, 1.165) is 12.0 Å². The molecule has 1 heterocycles. The van der Waals surface area contributed by atoms with Gasteiger partial charge in [0.1, 0.15) is 5.02 Å². The molecule has 2 aromatic rings. The maximum Gasteiger partial charge on any atom is 0.287 e. The maximum absolute atomic E-state index is 11.9. The van der Waals surface area contributed by atoms with Gasteiger partial charge in [-0.25, -0.2) is 4.68 Å². The Balaban J connectivity index is 2.12. The number of nitrogens with one attached hydrogen (secondary N) is 1. The van der Waals surface area contributed by atoms with E-state index in [1.54, 1.807) is 6.20 Å². The van der Waals surface area contributed by atoms with Crippen molar-refractivity contribution in [3.05, 3.63) is 56.4 Å². The summed E-state index contributed by atoms with van der Waals surface area (Å²) in [6, 6.07) is 7.46. The predicted molar refractivity (Wildman–Crippen MR) is 82.6 cm³/mol. The number of aryl methyl sites for hydroxylation is 1. The number of benzene rings is 1. The lowest BCUT2D eigenvalue weighted by Crippen LogP contribution is -2.24. The molecule has 0 bridgehead atoms. The van der Waals surface area contributed by atoms with Crippen molar-refractivity contribution >= 4 is 28.9 Å². The summed E-state index contributed by atoms with van der Waals surface area (Å²) in [5.74, 6) is 0. The third kappa shape index (κ3) is 3.52. The minimum atomic E-state index is -0.269. The molecule has 0 radical (unpaired) electrons. The highest BCUT2D eigenvalue weighted by molar-refractivity contribution is 6.32. The summed E-state index contributed by atoms with van der Waals surface area (Å²) in [7, 11) is 0. The van der Waals surface area contributed by atoms with Gasteiger partial charge in [0.2, 0.25) is 0 Å². The van der Waals surface area contributed by atoms with Crippen LogP contribution in [0.15, 0.2) is 35.3 Å². The molecule has 0 aliphatic heterocycles. The molecule has 6 heteroatoms. The van der Waals surface area contributed by atoms with Crippen molar-refractivity contribution in [2.75, 3.05) is 5.32 Å². The van der Waals surface area contributed by atoms with Crippen molar-refractivity contribution in [2.45, 2.75) is 26.4 Å². The highest BCUT2D eigenvalue weighted by Crippen LogP contribution is 2.17. The number of rotatable bonds is 5. The third-order valence-corrected chi connectivity index (χ3v) is 3.43. The number of hydrogen-bond donors (Lipinski definition) is 1. The molecular weight excluding hydrogens is 297 g/mol. The summed E-state index contributed by atoms with van der Waals surface area (Å²) >= 11 is 11.9. The van der Waals surface area contributed by atoms with Gasteiger partial charge in [-0.2, -0.15) is 5.10 Å². The second kappa shape index (κ2) is 6.77. The maximum atomic E-state index is 11.9. The Morgan fingerprint density at radius 2 is 1.95 bits per heavy atom. The molecule has 0 atom stereocenters. The zero-order valence-corrected chi connectivity index (χ0v) is 12.6. The lowest BCUT2D eigenvalue weighted by Gasteiger charge is -2.10. The van der Waals surface area contributed by atoms with Gasteiger partial charge in [0.05, 0.1) is 11.9 Å². The van der Waals surface area contributed by atoms with Crippen LogP contribution in [0.4, 0.5) is 5.69 Å². The van der Waals surface area contributed by atoms with E-state index < -0.39 is 0 Å². The molecule has 0 aliphatic carbocycles. The second-order valence-corrected chi connectivity index (χ2v) is 5.19. The molecule has 1 aromatic carbocycles. The van der Waals surface area contributed by atoms with Gasteiger partial charge in [-0.15, -0.1) is 0 Å². The molecule has 0 saturated carbocycles. The summed E-state index contributed by atoms with van der Waals surface area (Å²) in [5, 5.41) is 8.06. The van der Waals surface area contributed by atoms with Crippen LogP contribution in [0.25, 0.3) is 0 Å². The fourth-order valence-corrected chi connectivity index (χ4v) is 2.10. The van der Waals surface area contributed by atoms with Crippen LogP contribution in [0.5, 0.6) is 0 Å². The van der Waals surface area contributed by atoms with Crippen molar-refractivity contribution in [2.24, 2.45) is 0 Å². The smallest absolute Gasteiger partial charge is 0.287 e. The normalized spacial score (nSPS) is 10.6. The Kier molecular flexibility index (Phi) is 5.04. The zero-order valence-electron chi connectivity index (χ0n) is 11.1. The number of nitrogens with zero attached hydrogens (tertiary/aromatic N) is 2. The lowest BCUT2D eigenvalue weighted by atomic mass is 10.2. The minimum absolute atomic E-state index is 0.169. The van der Waals surface area contributed by atoms with Crippen LogP contribution in [-0.4, -0.2) is 9.78 Å². The van der Waals surface area contributed by atoms with Crippen LogP contribution >= 0.6 is 23.2 Å². The van der Waals surface area contributed by atoms with Gasteiger partial charge in [0.15, 0.2) is 0 Å². The Hall–Kier alpha value is -1.52. The van der Waals surface area contributed by atoms with Crippen LogP contribution in [0.3, 0.4) is 0 Å². The molecule has 106 valence electrons. The zero-order chi connectivity index (χ0) is 14.5. The van der Waals surface area contributed by atoms with Crippen LogP contribution in [0, 0.1) is 0 Å². The average molecular weight is 312 g/mol. The molecular formula is C14H15Cl2N3O. The summed E-state index contributed by atoms with van der Waals surface area (Å²) in [6.07, 6.45) is 2.41. The van der Waals surface area contributed by atoms with E-state index in [9.17, 15) is 4.79 Å². The Bertz CT molecular complexity index is 638. The van der Waals surface area contributed by atoms with E-state index in [4.69, 9.17) is 23.2 Å². The van der Waals surface area contributed by atoms with E-state index >= 15 is 0 Å². The molecule has 0 fully saturated rings. The van der Waals surface area contributed by atoms with Crippen molar-refractivity contribution in [3.63, 3.8) is 0 Å². The first kappa shape index (κ1) is 14.9. The van der Waals surface area contributed by atoms with Gasteiger partial charge in [-0.1, -0.05) is 42.3 Å². The number of hydrogen-bond acceptors (Lipinski definition) is 3. The Morgan fingerprint density at radius 3 is 2.60 bits per heavy atom. The SMILES string of the molecule is CCCn1ncc(NCc2ccc(Cl)cc2)c(Cl)c1=O. The van der Waals surface area contributed by atoms with E-state index in [1.807, 2.05) is 31.2 Å². The number of anilines is 1. The Labute approximate surface area is 127 Å². The second-order valence-electron chi connectivity index (χ2n) is 4.38. The molecule has 1 N–H and O–H groups in total. The molecule has 0 aliphatic rings. The standard InChI is InChI=1S/C14H15Cl2N3O/c1-2-7-19-14(20)13(16)12(9-18-19)17-8-10-3-5-11(15)6-4-10/h3-6,9,17H,2,7-8H2,1H3. The van der Waals surface area contributed by atoms with Gasteiger partial charge >= 0.3 is 0 Å². The fraction of sp³-hybridized carbons (Fsp3) is 0.286. The Morgan fingerprint density at radius 1 is 1.25 bits per heavy atom. The highest BCUT2D eigenvalue weighted by Gasteiger charge is 2.08. The quantitative estimate of drug-likeness (QED) is 0.918. The summed E-state index contributed by atoms with van der Waals surface area (Å²) in [6.45, 7) is 3.10. The van der Waals surface area contributed by atoms with E-state index in [1.165, 1.54) is 4.68 Å². The van der Waals surface area contributed by atoms with Crippen molar-refractivity contribution in [1.82, 2.24) is 9.78 Å². The first-order valence-electron chi connectivity index (χ1n) is 6.35. The number of halogens is 2. The summed E-state index contributed by atoms with van der Waals surface area (Å²) in [4.78, 5) is 11.9. The van der Waals surface area contributed by atoms with Crippen LogP contribution in [-0.2, 0) is 13.1 Å². The molecule has 0 unspecified atom stereocenters. The average Bonchev–Trinajstić information content (AvgIpc) is 2.45. The van der Waals surface area contributed by atoms with Gasteiger partial charge in [-0.05, 0) is 24.1 Å². The fourth-order valence-electron chi connectivity index (χ4n) is 1.76.